The maximum atomic E-state index is 12.9. The molecule has 0 heterocycles. The van der Waals surface area contributed by atoms with E-state index in [1.54, 1.807) is 12.1 Å². The largest absolute Gasteiger partial charge is 0.368 e. The summed E-state index contributed by atoms with van der Waals surface area (Å²) in [6, 6.07) is 6.98. The zero-order valence-electron chi connectivity index (χ0n) is 13.2. The van der Waals surface area contributed by atoms with E-state index in [1.165, 1.54) is 12.1 Å². The lowest BCUT2D eigenvalue weighted by Gasteiger charge is -2.46. The van der Waals surface area contributed by atoms with E-state index in [-0.39, 0.29) is 16.6 Å². The Kier molecular flexibility index (Phi) is 4.27. The van der Waals surface area contributed by atoms with Gasteiger partial charge in [-0.15, -0.1) is 0 Å². The van der Waals surface area contributed by atoms with Crippen LogP contribution in [0.1, 0.15) is 51.0 Å². The Morgan fingerprint density at radius 1 is 1.14 bits per heavy atom. The van der Waals surface area contributed by atoms with Crippen LogP contribution in [-0.4, -0.2) is 22.5 Å². The summed E-state index contributed by atoms with van der Waals surface area (Å²) < 4.78 is 12.9. The molecule has 3 rings (SSSR count). The monoisotopic (exact) mass is 307 g/mol. The molecule has 0 saturated heterocycles. The van der Waals surface area contributed by atoms with Gasteiger partial charge in [-0.1, -0.05) is 19.1 Å². The smallest absolute Gasteiger partial charge is 0.157 e. The third kappa shape index (κ3) is 2.92. The summed E-state index contributed by atoms with van der Waals surface area (Å²) in [6.45, 7) is 2.93. The Bertz CT molecular complexity index is 502. The van der Waals surface area contributed by atoms with Crippen LogP contribution in [0.5, 0.6) is 0 Å². The first kappa shape index (κ1) is 15.9. The predicted molar refractivity (Wildman–Crippen MR) is 83.5 cm³/mol. The van der Waals surface area contributed by atoms with Crippen LogP contribution < -0.4 is 5.32 Å². The van der Waals surface area contributed by atoms with E-state index in [9.17, 15) is 14.6 Å². The number of hydrogen-bond acceptors (Lipinski definition) is 3. The molecule has 4 heteroatoms. The van der Waals surface area contributed by atoms with E-state index in [0.717, 1.165) is 50.6 Å². The van der Waals surface area contributed by atoms with Crippen molar-refractivity contribution in [3.05, 3.63) is 35.6 Å². The van der Waals surface area contributed by atoms with Crippen molar-refractivity contribution in [1.29, 1.82) is 0 Å². The fourth-order valence-corrected chi connectivity index (χ4v) is 4.06. The third-order valence-corrected chi connectivity index (χ3v) is 6.08. The van der Waals surface area contributed by atoms with E-state index >= 15 is 0 Å². The Morgan fingerprint density at radius 2 is 1.73 bits per heavy atom. The van der Waals surface area contributed by atoms with Gasteiger partial charge >= 0.3 is 0 Å². The second-order valence-corrected chi connectivity index (χ2v) is 7.37. The SMILES string of the molecule is CC1(C2(C(O)O)CCC(NCc3ccc(F)cc3)CC2)CC1. The number of rotatable bonds is 5. The minimum absolute atomic E-state index is 0.114. The maximum Gasteiger partial charge on any atom is 0.157 e. The number of nitrogens with one attached hydrogen (secondary N) is 1. The molecule has 2 aliphatic carbocycles. The molecule has 22 heavy (non-hydrogen) atoms. The van der Waals surface area contributed by atoms with E-state index < -0.39 is 6.29 Å². The fourth-order valence-electron chi connectivity index (χ4n) is 4.06. The lowest BCUT2D eigenvalue weighted by molar-refractivity contribution is -0.178. The molecule has 2 saturated carbocycles. The Morgan fingerprint density at radius 3 is 2.23 bits per heavy atom. The molecule has 0 atom stereocenters. The molecule has 0 amide bonds. The van der Waals surface area contributed by atoms with Gasteiger partial charge in [0.2, 0.25) is 0 Å². The molecule has 3 nitrogen and oxygen atoms in total. The van der Waals surface area contributed by atoms with Crippen molar-refractivity contribution in [2.24, 2.45) is 10.8 Å². The van der Waals surface area contributed by atoms with Crippen LogP contribution in [-0.2, 0) is 6.54 Å². The molecular formula is C18H26FNO2. The molecule has 0 aliphatic heterocycles. The highest BCUT2D eigenvalue weighted by Crippen LogP contribution is 2.64. The summed E-state index contributed by atoms with van der Waals surface area (Å²) >= 11 is 0. The second kappa shape index (κ2) is 5.91. The van der Waals surface area contributed by atoms with E-state index in [0.29, 0.717) is 6.04 Å². The zero-order valence-corrected chi connectivity index (χ0v) is 13.2. The number of halogens is 1. The van der Waals surface area contributed by atoms with Crippen LogP contribution in [0.15, 0.2) is 24.3 Å². The van der Waals surface area contributed by atoms with Crippen molar-refractivity contribution in [2.45, 2.75) is 64.3 Å². The first-order valence-electron chi connectivity index (χ1n) is 8.29. The lowest BCUT2D eigenvalue weighted by atomic mass is 9.63. The minimum Gasteiger partial charge on any atom is -0.368 e. The first-order chi connectivity index (χ1) is 10.5. The van der Waals surface area contributed by atoms with Crippen molar-refractivity contribution in [3.63, 3.8) is 0 Å². The Labute approximate surface area is 131 Å². The molecular weight excluding hydrogens is 281 g/mol. The van der Waals surface area contributed by atoms with E-state index in [4.69, 9.17) is 0 Å². The fraction of sp³-hybridized carbons (Fsp3) is 0.667. The average molecular weight is 307 g/mol. The molecule has 2 aliphatic rings. The van der Waals surface area contributed by atoms with Crippen molar-refractivity contribution in [3.8, 4) is 0 Å². The van der Waals surface area contributed by atoms with Gasteiger partial charge in [-0.05, 0) is 61.6 Å². The van der Waals surface area contributed by atoms with Crippen LogP contribution in [0.2, 0.25) is 0 Å². The van der Waals surface area contributed by atoms with Crippen molar-refractivity contribution >= 4 is 0 Å². The predicted octanol–water partition coefficient (Wildman–Crippen LogP) is 2.96. The van der Waals surface area contributed by atoms with Gasteiger partial charge in [0.05, 0.1) is 0 Å². The highest BCUT2D eigenvalue weighted by Gasteiger charge is 2.59. The number of aliphatic hydroxyl groups excluding tert-OH is 1. The zero-order chi connectivity index (χ0) is 15.8. The summed E-state index contributed by atoms with van der Waals surface area (Å²) in [7, 11) is 0. The number of benzene rings is 1. The lowest BCUT2D eigenvalue weighted by Crippen LogP contribution is -2.48. The quantitative estimate of drug-likeness (QED) is 0.733. The first-order valence-corrected chi connectivity index (χ1v) is 8.29. The Hall–Kier alpha value is -0.970. The average Bonchev–Trinajstić information content (AvgIpc) is 3.26. The van der Waals surface area contributed by atoms with Gasteiger partial charge in [-0.25, -0.2) is 4.39 Å². The number of hydrogen-bond donors (Lipinski definition) is 3. The topological polar surface area (TPSA) is 52.5 Å². The van der Waals surface area contributed by atoms with Crippen molar-refractivity contribution < 1.29 is 14.6 Å². The van der Waals surface area contributed by atoms with Crippen LogP contribution >= 0.6 is 0 Å². The summed E-state index contributed by atoms with van der Waals surface area (Å²) in [6.07, 6.45) is 4.67. The van der Waals surface area contributed by atoms with E-state index in [1.807, 2.05) is 0 Å². The standard InChI is InChI=1S/C18H26FNO2/c1-17(10-11-17)18(16(21)22)8-6-15(7-9-18)20-12-13-2-4-14(19)5-3-13/h2-5,15-16,20-22H,6-12H2,1H3. The van der Waals surface area contributed by atoms with Gasteiger partial charge in [0.1, 0.15) is 5.82 Å². The van der Waals surface area contributed by atoms with Crippen LogP contribution in [0, 0.1) is 16.6 Å². The molecule has 1 aromatic carbocycles. The second-order valence-electron chi connectivity index (χ2n) is 7.37. The van der Waals surface area contributed by atoms with Crippen LogP contribution in [0.3, 0.4) is 0 Å². The summed E-state index contributed by atoms with van der Waals surface area (Å²) in [5.74, 6) is -0.208. The molecule has 1 aromatic rings. The molecule has 2 fully saturated rings. The summed E-state index contributed by atoms with van der Waals surface area (Å²) in [4.78, 5) is 0. The molecule has 0 unspecified atom stereocenters. The van der Waals surface area contributed by atoms with Crippen LogP contribution in [0.25, 0.3) is 0 Å². The molecule has 3 N–H and O–H groups in total. The number of aliphatic hydroxyl groups is 2. The van der Waals surface area contributed by atoms with Gasteiger partial charge in [-0.3, -0.25) is 0 Å². The summed E-state index contributed by atoms with van der Waals surface area (Å²) in [5.41, 5.74) is 0.874. The Balaban J connectivity index is 1.54. The molecule has 0 aromatic heterocycles. The normalized spacial score (nSPS) is 30.5. The van der Waals surface area contributed by atoms with Gasteiger partial charge in [-0.2, -0.15) is 0 Å². The van der Waals surface area contributed by atoms with Gasteiger partial charge in [0.15, 0.2) is 6.29 Å². The molecule has 0 spiro atoms. The van der Waals surface area contributed by atoms with Gasteiger partial charge in [0.25, 0.3) is 0 Å². The highest BCUT2D eigenvalue weighted by atomic mass is 19.1. The third-order valence-electron chi connectivity index (χ3n) is 6.08. The van der Waals surface area contributed by atoms with Gasteiger partial charge < -0.3 is 15.5 Å². The summed E-state index contributed by atoms with van der Waals surface area (Å²) in [5, 5.41) is 23.4. The maximum absolute atomic E-state index is 12.9. The molecule has 122 valence electrons. The van der Waals surface area contributed by atoms with E-state index in [2.05, 4.69) is 12.2 Å². The van der Waals surface area contributed by atoms with Crippen molar-refractivity contribution in [2.75, 3.05) is 0 Å². The highest BCUT2D eigenvalue weighted by molar-refractivity contribution is 5.16. The van der Waals surface area contributed by atoms with Crippen LogP contribution in [0.4, 0.5) is 4.39 Å². The molecule has 0 radical (unpaired) electrons. The van der Waals surface area contributed by atoms with Crippen molar-refractivity contribution in [1.82, 2.24) is 5.32 Å². The minimum atomic E-state index is -1.21. The van der Waals surface area contributed by atoms with Gasteiger partial charge in [0, 0.05) is 18.0 Å². The molecule has 0 bridgehead atoms.